The molecule has 0 saturated carbocycles. The third kappa shape index (κ3) is 3.17. The number of aromatic nitrogens is 2. The maximum Gasteiger partial charge on any atom is 0.226 e. The van der Waals surface area contributed by atoms with Crippen LogP contribution in [0.3, 0.4) is 0 Å². The monoisotopic (exact) mass is 273 g/mol. The number of phenolic OH excluding ortho intramolecular Hbond substituents is 1. The molecule has 1 atom stereocenters. The van der Waals surface area contributed by atoms with Gasteiger partial charge in [-0.05, 0) is 62.5 Å². The number of nitrogens with one attached hydrogen (secondary N) is 1. The van der Waals surface area contributed by atoms with E-state index in [-0.39, 0.29) is 5.75 Å². The normalized spacial score (nSPS) is 19.1. The highest BCUT2D eigenvalue weighted by Crippen LogP contribution is 2.21. The standard InChI is InChI=1S/C15H19N3O2/c19-13-6-4-12(5-7-13)15-17-14(20-18-15)8-3-11-2-1-9-16-10-11/h4-7,11,16,19H,1-3,8-10H2. The van der Waals surface area contributed by atoms with E-state index in [9.17, 15) is 5.11 Å². The van der Waals surface area contributed by atoms with Gasteiger partial charge in [-0.3, -0.25) is 0 Å². The molecule has 5 heteroatoms. The van der Waals surface area contributed by atoms with Crippen LogP contribution in [-0.4, -0.2) is 28.3 Å². The number of piperidine rings is 1. The molecule has 0 radical (unpaired) electrons. The molecule has 20 heavy (non-hydrogen) atoms. The third-order valence-electron chi connectivity index (χ3n) is 3.76. The van der Waals surface area contributed by atoms with E-state index in [1.165, 1.54) is 12.8 Å². The number of phenols is 1. The van der Waals surface area contributed by atoms with Gasteiger partial charge in [0.05, 0.1) is 0 Å². The van der Waals surface area contributed by atoms with Crippen LogP contribution in [0, 0.1) is 5.92 Å². The molecule has 2 aromatic rings. The molecule has 2 heterocycles. The molecule has 2 N–H and O–H groups in total. The summed E-state index contributed by atoms with van der Waals surface area (Å²) in [5, 5.41) is 16.7. The van der Waals surface area contributed by atoms with Crippen molar-refractivity contribution in [1.82, 2.24) is 15.5 Å². The maximum atomic E-state index is 9.27. The minimum atomic E-state index is 0.238. The molecule has 106 valence electrons. The van der Waals surface area contributed by atoms with Gasteiger partial charge < -0.3 is 14.9 Å². The fourth-order valence-corrected chi connectivity index (χ4v) is 2.58. The van der Waals surface area contributed by atoms with E-state index >= 15 is 0 Å². The number of aromatic hydroxyl groups is 1. The molecule has 1 unspecified atom stereocenters. The first kappa shape index (κ1) is 13.1. The highest BCUT2D eigenvalue weighted by molar-refractivity contribution is 5.55. The first-order valence-corrected chi connectivity index (χ1v) is 7.14. The quantitative estimate of drug-likeness (QED) is 0.895. The largest absolute Gasteiger partial charge is 0.508 e. The molecule has 1 aliphatic heterocycles. The van der Waals surface area contributed by atoms with Gasteiger partial charge in [-0.25, -0.2) is 0 Å². The van der Waals surface area contributed by atoms with Crippen LogP contribution in [0.1, 0.15) is 25.2 Å². The van der Waals surface area contributed by atoms with Gasteiger partial charge in [-0.15, -0.1) is 0 Å². The third-order valence-corrected chi connectivity index (χ3v) is 3.76. The Morgan fingerprint density at radius 2 is 2.15 bits per heavy atom. The number of hydrogen-bond donors (Lipinski definition) is 2. The predicted octanol–water partition coefficient (Wildman–Crippen LogP) is 2.37. The minimum Gasteiger partial charge on any atom is -0.508 e. The zero-order valence-corrected chi connectivity index (χ0v) is 11.4. The Labute approximate surface area is 118 Å². The van der Waals surface area contributed by atoms with Crippen LogP contribution in [-0.2, 0) is 6.42 Å². The highest BCUT2D eigenvalue weighted by Gasteiger charge is 2.15. The van der Waals surface area contributed by atoms with Crippen molar-refractivity contribution >= 4 is 0 Å². The Hall–Kier alpha value is -1.88. The van der Waals surface area contributed by atoms with Crippen LogP contribution in [0.25, 0.3) is 11.4 Å². The zero-order valence-electron chi connectivity index (χ0n) is 11.4. The average molecular weight is 273 g/mol. The summed E-state index contributed by atoms with van der Waals surface area (Å²) in [5.74, 6) is 2.23. The van der Waals surface area contributed by atoms with E-state index in [0.29, 0.717) is 17.6 Å². The van der Waals surface area contributed by atoms with Crippen molar-refractivity contribution in [1.29, 1.82) is 0 Å². The first-order chi connectivity index (χ1) is 9.81. The van der Waals surface area contributed by atoms with Crippen molar-refractivity contribution < 1.29 is 9.63 Å². The molecule has 3 rings (SSSR count). The van der Waals surface area contributed by atoms with Crippen LogP contribution in [0.4, 0.5) is 0 Å². The SMILES string of the molecule is Oc1ccc(-c2noc(CCC3CCCNC3)n2)cc1. The fourth-order valence-electron chi connectivity index (χ4n) is 2.58. The summed E-state index contributed by atoms with van der Waals surface area (Å²) in [6.45, 7) is 2.24. The van der Waals surface area contributed by atoms with Gasteiger partial charge >= 0.3 is 0 Å². The van der Waals surface area contributed by atoms with E-state index in [1.807, 2.05) is 0 Å². The molecule has 1 aromatic carbocycles. The van der Waals surface area contributed by atoms with Crippen molar-refractivity contribution in [2.45, 2.75) is 25.7 Å². The molecule has 1 fully saturated rings. The molecular weight excluding hydrogens is 254 g/mol. The molecule has 0 spiro atoms. The van der Waals surface area contributed by atoms with Crippen molar-refractivity contribution in [3.8, 4) is 17.1 Å². The summed E-state index contributed by atoms with van der Waals surface area (Å²) in [5.41, 5.74) is 0.858. The lowest BCUT2D eigenvalue weighted by Gasteiger charge is -2.21. The average Bonchev–Trinajstić information content (AvgIpc) is 2.96. The van der Waals surface area contributed by atoms with Crippen LogP contribution >= 0.6 is 0 Å². The predicted molar refractivity (Wildman–Crippen MR) is 75.3 cm³/mol. The van der Waals surface area contributed by atoms with Gasteiger partial charge in [0, 0.05) is 12.0 Å². The van der Waals surface area contributed by atoms with Crippen molar-refractivity contribution in [3.05, 3.63) is 30.2 Å². The second-order valence-corrected chi connectivity index (χ2v) is 5.31. The molecule has 1 aliphatic rings. The molecule has 0 bridgehead atoms. The second kappa shape index (κ2) is 6.05. The highest BCUT2D eigenvalue weighted by atomic mass is 16.5. The number of rotatable bonds is 4. The van der Waals surface area contributed by atoms with Gasteiger partial charge in [0.2, 0.25) is 11.7 Å². The van der Waals surface area contributed by atoms with Gasteiger partial charge in [0.15, 0.2) is 0 Å². The van der Waals surface area contributed by atoms with Gasteiger partial charge in [0.25, 0.3) is 0 Å². The van der Waals surface area contributed by atoms with E-state index in [2.05, 4.69) is 15.5 Å². The molecule has 0 aliphatic carbocycles. The van der Waals surface area contributed by atoms with Crippen LogP contribution in [0.2, 0.25) is 0 Å². The second-order valence-electron chi connectivity index (χ2n) is 5.31. The van der Waals surface area contributed by atoms with Crippen molar-refractivity contribution in [2.24, 2.45) is 5.92 Å². The van der Waals surface area contributed by atoms with E-state index in [4.69, 9.17) is 4.52 Å². The zero-order chi connectivity index (χ0) is 13.8. The van der Waals surface area contributed by atoms with Gasteiger partial charge in [-0.1, -0.05) is 5.16 Å². The molecule has 1 aromatic heterocycles. The topological polar surface area (TPSA) is 71.2 Å². The molecular formula is C15H19N3O2. The smallest absolute Gasteiger partial charge is 0.226 e. The Morgan fingerprint density at radius 3 is 2.90 bits per heavy atom. The number of benzene rings is 1. The lowest BCUT2D eigenvalue weighted by atomic mass is 9.95. The van der Waals surface area contributed by atoms with Crippen LogP contribution in [0.5, 0.6) is 5.75 Å². The van der Waals surface area contributed by atoms with Crippen LogP contribution < -0.4 is 5.32 Å². The lowest BCUT2D eigenvalue weighted by Crippen LogP contribution is -2.29. The van der Waals surface area contributed by atoms with E-state index in [1.54, 1.807) is 24.3 Å². The summed E-state index contributed by atoms with van der Waals surface area (Å²) in [7, 11) is 0. The Balaban J connectivity index is 1.60. The molecule has 1 saturated heterocycles. The Bertz CT molecular complexity index is 545. The summed E-state index contributed by atoms with van der Waals surface area (Å²) < 4.78 is 5.30. The minimum absolute atomic E-state index is 0.238. The number of hydrogen-bond acceptors (Lipinski definition) is 5. The van der Waals surface area contributed by atoms with Crippen LogP contribution in [0.15, 0.2) is 28.8 Å². The summed E-state index contributed by atoms with van der Waals surface area (Å²) in [6.07, 6.45) is 4.46. The Kier molecular flexibility index (Phi) is 3.97. The lowest BCUT2D eigenvalue weighted by molar-refractivity contribution is 0.327. The van der Waals surface area contributed by atoms with Crippen molar-refractivity contribution in [2.75, 3.05) is 13.1 Å². The van der Waals surface area contributed by atoms with Gasteiger partial charge in [-0.2, -0.15) is 4.98 Å². The van der Waals surface area contributed by atoms with Gasteiger partial charge in [0.1, 0.15) is 5.75 Å². The van der Waals surface area contributed by atoms with Crippen molar-refractivity contribution in [3.63, 3.8) is 0 Å². The summed E-state index contributed by atoms with van der Waals surface area (Å²) in [4.78, 5) is 4.41. The number of aryl methyl sites for hydroxylation is 1. The molecule has 5 nitrogen and oxygen atoms in total. The van der Waals surface area contributed by atoms with E-state index < -0.39 is 0 Å². The van der Waals surface area contributed by atoms with E-state index in [0.717, 1.165) is 31.5 Å². The maximum absolute atomic E-state index is 9.27. The molecule has 0 amide bonds. The Morgan fingerprint density at radius 1 is 1.30 bits per heavy atom. The fraction of sp³-hybridized carbons (Fsp3) is 0.467. The number of nitrogens with zero attached hydrogens (tertiary/aromatic N) is 2. The first-order valence-electron chi connectivity index (χ1n) is 7.14. The summed E-state index contributed by atoms with van der Waals surface area (Å²) >= 11 is 0. The summed E-state index contributed by atoms with van der Waals surface area (Å²) in [6, 6.07) is 6.82.